The number of rotatable bonds is 4. The first-order valence-corrected chi connectivity index (χ1v) is 10.6. The van der Waals surface area contributed by atoms with Gasteiger partial charge in [-0.3, -0.25) is 0 Å². The number of benzene rings is 2. The number of ether oxygens (including phenoxy) is 1. The number of methoxy groups -OCH3 is 1. The minimum atomic E-state index is -1.82. The number of carboxylic acid groups (broad SMARTS) is 2. The number of aliphatic carboxylic acids is 2. The summed E-state index contributed by atoms with van der Waals surface area (Å²) in [4.78, 5) is 18.2. The molecule has 4 saturated carbocycles. The van der Waals surface area contributed by atoms with E-state index in [1.165, 1.54) is 54.9 Å². The maximum Gasteiger partial charge on any atom is 0.414 e. The summed E-state index contributed by atoms with van der Waals surface area (Å²) in [5.41, 5.74) is 1.83. The molecule has 0 unspecified atom stereocenters. The highest BCUT2D eigenvalue weighted by molar-refractivity contribution is 6.27. The molecule has 30 heavy (non-hydrogen) atoms. The van der Waals surface area contributed by atoms with Crippen molar-refractivity contribution >= 4 is 22.7 Å². The van der Waals surface area contributed by atoms with Crippen molar-refractivity contribution in [3.63, 3.8) is 0 Å². The summed E-state index contributed by atoms with van der Waals surface area (Å²) in [6.45, 7) is 0.983. The summed E-state index contributed by atoms with van der Waals surface area (Å²) < 4.78 is 5.54. The van der Waals surface area contributed by atoms with E-state index in [1.807, 2.05) is 0 Å². The van der Waals surface area contributed by atoms with Crippen molar-refractivity contribution in [3.05, 3.63) is 42.0 Å². The van der Waals surface area contributed by atoms with Crippen LogP contribution in [-0.4, -0.2) is 34.8 Å². The molecule has 0 aromatic heterocycles. The average molecular weight is 411 g/mol. The van der Waals surface area contributed by atoms with Crippen molar-refractivity contribution in [2.75, 3.05) is 7.11 Å². The summed E-state index contributed by atoms with van der Waals surface area (Å²) in [5, 5.41) is 21.4. The van der Waals surface area contributed by atoms with Gasteiger partial charge in [0.2, 0.25) is 0 Å². The van der Waals surface area contributed by atoms with Gasteiger partial charge in [0.1, 0.15) is 5.75 Å². The standard InChI is InChI=1S/C22H27NO.C2H2O4/c1-24-21-7-6-18(19-4-2-3-5-20(19)21)14-23-22-11-15-8-16(12-22)10-17(9-15)13-22;3-1(4)2(5)6/h2-7,15-17,23H,8-14H2,1H3;(H,3,4)(H,5,6). The molecule has 160 valence electrons. The van der Waals surface area contributed by atoms with Gasteiger partial charge in [-0.1, -0.05) is 30.3 Å². The first-order valence-electron chi connectivity index (χ1n) is 10.6. The lowest BCUT2D eigenvalue weighted by Crippen LogP contribution is -2.58. The third-order valence-corrected chi connectivity index (χ3v) is 7.07. The van der Waals surface area contributed by atoms with E-state index in [4.69, 9.17) is 24.5 Å². The molecule has 0 spiro atoms. The highest BCUT2D eigenvalue weighted by Gasteiger charge is 2.50. The van der Waals surface area contributed by atoms with Crippen LogP contribution in [-0.2, 0) is 16.1 Å². The third kappa shape index (κ3) is 4.15. The van der Waals surface area contributed by atoms with Crippen LogP contribution in [0.25, 0.3) is 10.8 Å². The molecule has 2 aromatic rings. The minimum absolute atomic E-state index is 0.426. The molecule has 3 N–H and O–H groups in total. The molecule has 4 fully saturated rings. The second-order valence-electron chi connectivity index (χ2n) is 9.13. The predicted molar refractivity (Wildman–Crippen MR) is 114 cm³/mol. The lowest BCUT2D eigenvalue weighted by Gasteiger charge is -2.57. The number of hydrogen-bond acceptors (Lipinski definition) is 4. The molecule has 4 aliphatic rings. The van der Waals surface area contributed by atoms with Crippen LogP contribution in [0.4, 0.5) is 0 Å². The van der Waals surface area contributed by atoms with Crippen LogP contribution in [0.5, 0.6) is 5.75 Å². The van der Waals surface area contributed by atoms with Crippen LogP contribution >= 0.6 is 0 Å². The zero-order chi connectivity index (χ0) is 21.3. The highest BCUT2D eigenvalue weighted by Crippen LogP contribution is 2.55. The second-order valence-corrected chi connectivity index (χ2v) is 9.13. The van der Waals surface area contributed by atoms with Crippen molar-refractivity contribution in [1.82, 2.24) is 5.32 Å². The molecule has 6 rings (SSSR count). The van der Waals surface area contributed by atoms with Crippen LogP contribution < -0.4 is 10.1 Å². The molecule has 0 aliphatic heterocycles. The normalized spacial score (nSPS) is 28.6. The van der Waals surface area contributed by atoms with E-state index in [1.54, 1.807) is 7.11 Å². The molecule has 0 heterocycles. The first kappa shape index (κ1) is 20.7. The van der Waals surface area contributed by atoms with Gasteiger partial charge < -0.3 is 20.3 Å². The van der Waals surface area contributed by atoms with Gasteiger partial charge in [0, 0.05) is 17.5 Å². The smallest absolute Gasteiger partial charge is 0.414 e. The number of carbonyl (C=O) groups is 2. The lowest BCUT2D eigenvalue weighted by atomic mass is 9.53. The monoisotopic (exact) mass is 411 g/mol. The van der Waals surface area contributed by atoms with Gasteiger partial charge in [-0.05, 0) is 73.3 Å². The third-order valence-electron chi connectivity index (χ3n) is 7.07. The maximum absolute atomic E-state index is 9.10. The topological polar surface area (TPSA) is 95.9 Å². The van der Waals surface area contributed by atoms with Gasteiger partial charge in [0.25, 0.3) is 0 Å². The predicted octanol–water partition coefficient (Wildman–Crippen LogP) is 4.06. The van der Waals surface area contributed by atoms with E-state index in [2.05, 4.69) is 41.7 Å². The SMILES string of the molecule is COc1ccc(CNC23CC4CC(CC(C4)C2)C3)c2ccccc12.O=C(O)C(=O)O. The Kier molecular flexibility index (Phi) is 5.69. The summed E-state index contributed by atoms with van der Waals surface area (Å²) in [7, 11) is 1.76. The summed E-state index contributed by atoms with van der Waals surface area (Å²) in [5.74, 6) is 0.318. The van der Waals surface area contributed by atoms with E-state index in [9.17, 15) is 0 Å². The lowest BCUT2D eigenvalue weighted by molar-refractivity contribution is -0.159. The van der Waals surface area contributed by atoms with Crippen LogP contribution in [0, 0.1) is 17.8 Å². The van der Waals surface area contributed by atoms with Gasteiger partial charge in [-0.15, -0.1) is 0 Å². The van der Waals surface area contributed by atoms with Crippen LogP contribution in [0.2, 0.25) is 0 Å². The summed E-state index contributed by atoms with van der Waals surface area (Å²) in [6, 6.07) is 13.0. The molecule has 6 nitrogen and oxygen atoms in total. The van der Waals surface area contributed by atoms with Crippen molar-refractivity contribution in [2.45, 2.75) is 50.6 Å². The molecular weight excluding hydrogens is 382 g/mol. The van der Waals surface area contributed by atoms with E-state index < -0.39 is 11.9 Å². The van der Waals surface area contributed by atoms with Crippen molar-refractivity contribution in [3.8, 4) is 5.75 Å². The van der Waals surface area contributed by atoms with Gasteiger partial charge in [-0.25, -0.2) is 9.59 Å². The summed E-state index contributed by atoms with van der Waals surface area (Å²) >= 11 is 0. The fourth-order valence-corrected chi connectivity index (χ4v) is 6.28. The fraction of sp³-hybridized carbons (Fsp3) is 0.500. The van der Waals surface area contributed by atoms with Gasteiger partial charge in [-0.2, -0.15) is 0 Å². The number of carboxylic acids is 2. The second kappa shape index (κ2) is 8.26. The van der Waals surface area contributed by atoms with E-state index in [-0.39, 0.29) is 0 Å². The number of hydrogen-bond donors (Lipinski definition) is 3. The maximum atomic E-state index is 9.10. The Morgan fingerprint density at radius 2 is 1.47 bits per heavy atom. The van der Waals surface area contributed by atoms with E-state index in [0.29, 0.717) is 5.54 Å². The molecule has 2 aromatic carbocycles. The first-order chi connectivity index (χ1) is 14.4. The van der Waals surface area contributed by atoms with Crippen LogP contribution in [0.15, 0.2) is 36.4 Å². The highest BCUT2D eigenvalue weighted by atomic mass is 16.5. The Bertz CT molecular complexity index is 906. The quantitative estimate of drug-likeness (QED) is 0.657. The fourth-order valence-electron chi connectivity index (χ4n) is 6.28. The Morgan fingerprint density at radius 1 is 0.933 bits per heavy atom. The Balaban J connectivity index is 0.000000322. The van der Waals surface area contributed by atoms with Crippen LogP contribution in [0.3, 0.4) is 0 Å². The summed E-state index contributed by atoms with van der Waals surface area (Å²) in [6.07, 6.45) is 8.75. The Morgan fingerprint density at radius 3 is 1.97 bits per heavy atom. The molecule has 4 aliphatic carbocycles. The van der Waals surface area contributed by atoms with E-state index >= 15 is 0 Å². The van der Waals surface area contributed by atoms with Crippen molar-refractivity contribution in [2.24, 2.45) is 17.8 Å². The molecule has 6 heteroatoms. The van der Waals surface area contributed by atoms with Gasteiger partial charge >= 0.3 is 11.9 Å². The zero-order valence-corrected chi connectivity index (χ0v) is 17.3. The molecule has 0 saturated heterocycles. The molecule has 0 atom stereocenters. The molecule has 0 amide bonds. The van der Waals surface area contributed by atoms with Gasteiger partial charge in [0.15, 0.2) is 0 Å². The minimum Gasteiger partial charge on any atom is -0.496 e. The Hall–Kier alpha value is -2.60. The molecule has 0 radical (unpaired) electrons. The Labute approximate surface area is 176 Å². The number of fused-ring (bicyclic) bond motifs is 1. The largest absolute Gasteiger partial charge is 0.496 e. The van der Waals surface area contributed by atoms with Crippen LogP contribution in [0.1, 0.15) is 44.1 Å². The number of nitrogens with one attached hydrogen (secondary N) is 1. The zero-order valence-electron chi connectivity index (χ0n) is 17.3. The van der Waals surface area contributed by atoms with E-state index in [0.717, 1.165) is 30.0 Å². The van der Waals surface area contributed by atoms with Crippen molar-refractivity contribution < 1.29 is 24.5 Å². The molecule has 4 bridgehead atoms. The van der Waals surface area contributed by atoms with Gasteiger partial charge in [0.05, 0.1) is 7.11 Å². The average Bonchev–Trinajstić information content (AvgIpc) is 2.71. The molecular formula is C24H29NO5. The van der Waals surface area contributed by atoms with Crippen molar-refractivity contribution in [1.29, 1.82) is 0 Å².